The van der Waals surface area contributed by atoms with E-state index >= 15 is 0 Å². The molecule has 1 N–H and O–H groups in total. The molecule has 0 bridgehead atoms. The number of amides is 2. The van der Waals surface area contributed by atoms with Crippen LogP contribution in [0, 0.1) is 5.92 Å². The van der Waals surface area contributed by atoms with Crippen molar-refractivity contribution in [2.45, 2.75) is 33.3 Å². The van der Waals surface area contributed by atoms with Crippen LogP contribution in [0.25, 0.3) is 0 Å². The average Bonchev–Trinajstić information content (AvgIpc) is 2.22. The molecule has 0 aliphatic rings. The van der Waals surface area contributed by atoms with Gasteiger partial charge in [-0.3, -0.25) is 14.5 Å². The first-order chi connectivity index (χ1) is 6.95. The van der Waals surface area contributed by atoms with Crippen LogP contribution in [0.5, 0.6) is 0 Å². The summed E-state index contributed by atoms with van der Waals surface area (Å²) in [7, 11) is 0. The van der Waals surface area contributed by atoms with E-state index in [9.17, 15) is 14.7 Å². The standard InChI is InChI=1S/C10H19NO3S/c1-4-9(13)7(2)10(14)11(5-6-15)8(3)12/h7,9,13,15H,4-6H2,1-3H3. The molecule has 2 unspecified atom stereocenters. The second kappa shape index (κ2) is 6.85. The van der Waals surface area contributed by atoms with Crippen molar-refractivity contribution in [1.82, 2.24) is 4.90 Å². The molecule has 0 fully saturated rings. The van der Waals surface area contributed by atoms with Gasteiger partial charge in [0.2, 0.25) is 11.8 Å². The fourth-order valence-electron chi connectivity index (χ4n) is 1.29. The van der Waals surface area contributed by atoms with Gasteiger partial charge in [0.25, 0.3) is 0 Å². The molecule has 0 rings (SSSR count). The fraction of sp³-hybridized carbons (Fsp3) is 0.800. The van der Waals surface area contributed by atoms with Crippen molar-refractivity contribution in [1.29, 1.82) is 0 Å². The van der Waals surface area contributed by atoms with Crippen molar-refractivity contribution in [2.75, 3.05) is 12.3 Å². The molecule has 0 saturated carbocycles. The molecule has 5 heteroatoms. The highest BCUT2D eigenvalue weighted by molar-refractivity contribution is 7.80. The van der Waals surface area contributed by atoms with Gasteiger partial charge in [-0.15, -0.1) is 0 Å². The molecule has 0 aliphatic heterocycles. The second-order valence-corrected chi connectivity index (χ2v) is 3.94. The number of hydrogen-bond acceptors (Lipinski definition) is 4. The van der Waals surface area contributed by atoms with Gasteiger partial charge in [0, 0.05) is 19.2 Å². The Kier molecular flexibility index (Phi) is 6.60. The third kappa shape index (κ3) is 4.22. The third-order valence-electron chi connectivity index (χ3n) is 2.35. The van der Waals surface area contributed by atoms with E-state index in [1.807, 2.05) is 0 Å². The number of imide groups is 1. The number of carbonyl (C=O) groups excluding carboxylic acids is 2. The third-order valence-corrected chi connectivity index (χ3v) is 2.55. The van der Waals surface area contributed by atoms with Crippen LogP contribution in [-0.2, 0) is 9.59 Å². The molecule has 88 valence electrons. The minimum Gasteiger partial charge on any atom is -0.392 e. The summed E-state index contributed by atoms with van der Waals surface area (Å²) in [5.41, 5.74) is 0. The number of carbonyl (C=O) groups is 2. The lowest BCUT2D eigenvalue weighted by atomic mass is 10.0. The zero-order chi connectivity index (χ0) is 12.0. The molecule has 0 radical (unpaired) electrons. The Bertz CT molecular complexity index is 233. The summed E-state index contributed by atoms with van der Waals surface area (Å²) in [5.74, 6) is -0.742. The first-order valence-electron chi connectivity index (χ1n) is 5.06. The lowest BCUT2D eigenvalue weighted by Crippen LogP contribution is -2.43. The van der Waals surface area contributed by atoms with Crippen LogP contribution in [0.1, 0.15) is 27.2 Å². The Morgan fingerprint density at radius 2 is 2.00 bits per heavy atom. The molecule has 0 heterocycles. The van der Waals surface area contributed by atoms with Crippen molar-refractivity contribution in [3.63, 3.8) is 0 Å². The van der Waals surface area contributed by atoms with Gasteiger partial charge in [-0.1, -0.05) is 13.8 Å². The molecule has 2 atom stereocenters. The zero-order valence-corrected chi connectivity index (χ0v) is 10.3. The van der Waals surface area contributed by atoms with Crippen LogP contribution in [0.2, 0.25) is 0 Å². The summed E-state index contributed by atoms with van der Waals surface area (Å²) in [6.07, 6.45) is -0.196. The van der Waals surface area contributed by atoms with Crippen molar-refractivity contribution in [3.8, 4) is 0 Å². The number of aliphatic hydroxyl groups excluding tert-OH is 1. The predicted octanol–water partition coefficient (Wildman–Crippen LogP) is 0.698. The Balaban J connectivity index is 4.55. The first kappa shape index (κ1) is 14.5. The smallest absolute Gasteiger partial charge is 0.234 e. The Morgan fingerprint density at radius 1 is 1.47 bits per heavy atom. The van der Waals surface area contributed by atoms with E-state index in [1.54, 1.807) is 13.8 Å². The number of aliphatic hydroxyl groups is 1. The summed E-state index contributed by atoms with van der Waals surface area (Å²) < 4.78 is 0. The van der Waals surface area contributed by atoms with Gasteiger partial charge in [-0.05, 0) is 6.42 Å². The van der Waals surface area contributed by atoms with Crippen LogP contribution < -0.4 is 0 Å². The first-order valence-corrected chi connectivity index (χ1v) is 5.69. The molecule has 4 nitrogen and oxygen atoms in total. The van der Waals surface area contributed by atoms with Crippen molar-refractivity contribution in [3.05, 3.63) is 0 Å². The lowest BCUT2D eigenvalue weighted by Gasteiger charge is -2.24. The molecule has 2 amide bonds. The van der Waals surface area contributed by atoms with E-state index in [1.165, 1.54) is 6.92 Å². The minimum atomic E-state index is -0.695. The molecular weight excluding hydrogens is 214 g/mol. The molecule has 0 aromatic heterocycles. The SMILES string of the molecule is CCC(O)C(C)C(=O)N(CCS)C(C)=O. The van der Waals surface area contributed by atoms with E-state index in [4.69, 9.17) is 0 Å². The van der Waals surface area contributed by atoms with Crippen molar-refractivity contribution in [2.24, 2.45) is 5.92 Å². The van der Waals surface area contributed by atoms with Crippen molar-refractivity contribution < 1.29 is 14.7 Å². The largest absolute Gasteiger partial charge is 0.392 e. The molecule has 0 saturated heterocycles. The highest BCUT2D eigenvalue weighted by Crippen LogP contribution is 2.11. The van der Waals surface area contributed by atoms with E-state index in [0.717, 1.165) is 4.90 Å². The van der Waals surface area contributed by atoms with Crippen molar-refractivity contribution >= 4 is 24.4 Å². The number of hydrogen-bond donors (Lipinski definition) is 2. The number of nitrogens with zero attached hydrogens (tertiary/aromatic N) is 1. The highest BCUT2D eigenvalue weighted by Gasteiger charge is 2.27. The van der Waals surface area contributed by atoms with E-state index in [0.29, 0.717) is 12.2 Å². The van der Waals surface area contributed by atoms with Crippen LogP contribution >= 0.6 is 12.6 Å². The maximum atomic E-state index is 11.8. The van der Waals surface area contributed by atoms with Crippen LogP contribution in [0.3, 0.4) is 0 Å². The van der Waals surface area contributed by atoms with Gasteiger partial charge >= 0.3 is 0 Å². The molecule has 0 spiro atoms. The molecule has 0 aromatic carbocycles. The van der Waals surface area contributed by atoms with Gasteiger partial charge in [0.15, 0.2) is 0 Å². The van der Waals surface area contributed by atoms with Gasteiger partial charge in [-0.2, -0.15) is 12.6 Å². The van der Waals surface area contributed by atoms with Gasteiger partial charge in [0.1, 0.15) is 0 Å². The van der Waals surface area contributed by atoms with Crippen LogP contribution in [-0.4, -0.2) is 40.2 Å². The van der Waals surface area contributed by atoms with Crippen LogP contribution in [0.15, 0.2) is 0 Å². The summed E-state index contributed by atoms with van der Waals surface area (Å²) in [5, 5.41) is 9.52. The minimum absolute atomic E-state index is 0.290. The van der Waals surface area contributed by atoms with Gasteiger partial charge in [-0.25, -0.2) is 0 Å². The number of thiol groups is 1. The number of rotatable bonds is 5. The second-order valence-electron chi connectivity index (χ2n) is 3.50. The maximum Gasteiger partial charge on any atom is 0.234 e. The zero-order valence-electron chi connectivity index (χ0n) is 9.43. The molecule has 0 aromatic rings. The molecule has 0 aliphatic carbocycles. The predicted molar refractivity (Wildman–Crippen MR) is 61.7 cm³/mol. The molecule has 15 heavy (non-hydrogen) atoms. The van der Waals surface area contributed by atoms with Gasteiger partial charge in [0.05, 0.1) is 12.0 Å². The molecular formula is C10H19NO3S. The van der Waals surface area contributed by atoms with E-state index < -0.39 is 12.0 Å². The summed E-state index contributed by atoms with van der Waals surface area (Å²) >= 11 is 3.98. The normalized spacial score (nSPS) is 14.5. The monoisotopic (exact) mass is 233 g/mol. The van der Waals surface area contributed by atoms with Gasteiger partial charge < -0.3 is 5.11 Å². The summed E-state index contributed by atoms with van der Waals surface area (Å²) in [4.78, 5) is 24.1. The maximum absolute atomic E-state index is 11.8. The summed E-state index contributed by atoms with van der Waals surface area (Å²) in [6.45, 7) is 5.06. The van der Waals surface area contributed by atoms with E-state index in [2.05, 4.69) is 12.6 Å². The topological polar surface area (TPSA) is 57.6 Å². The van der Waals surface area contributed by atoms with Crippen LogP contribution in [0.4, 0.5) is 0 Å². The Labute approximate surface area is 96.1 Å². The quantitative estimate of drug-likeness (QED) is 0.687. The fourth-order valence-corrected chi connectivity index (χ4v) is 1.49. The average molecular weight is 233 g/mol. The Morgan fingerprint density at radius 3 is 2.33 bits per heavy atom. The Hall–Kier alpha value is -0.550. The highest BCUT2D eigenvalue weighted by atomic mass is 32.1. The lowest BCUT2D eigenvalue weighted by molar-refractivity contribution is -0.147. The van der Waals surface area contributed by atoms with E-state index in [-0.39, 0.29) is 18.4 Å². The summed E-state index contributed by atoms with van der Waals surface area (Å²) in [6, 6.07) is 0.